The van der Waals surface area contributed by atoms with Crippen molar-refractivity contribution in [3.63, 3.8) is 0 Å². The van der Waals surface area contributed by atoms with Crippen LogP contribution in [0, 0.1) is 0 Å². The third-order valence-electron chi connectivity index (χ3n) is 3.89. The summed E-state index contributed by atoms with van der Waals surface area (Å²) in [7, 11) is -3.62. The van der Waals surface area contributed by atoms with Crippen LogP contribution in [0.5, 0.6) is 5.75 Å². The monoisotopic (exact) mass is 456 g/mol. The van der Waals surface area contributed by atoms with E-state index in [-0.39, 0.29) is 12.5 Å². The van der Waals surface area contributed by atoms with E-state index in [1.54, 1.807) is 36.0 Å². The van der Waals surface area contributed by atoms with Gasteiger partial charge in [-0.15, -0.1) is 0 Å². The van der Waals surface area contributed by atoms with Gasteiger partial charge in [-0.25, -0.2) is 8.42 Å². The van der Waals surface area contributed by atoms with Crippen molar-refractivity contribution in [1.29, 1.82) is 0 Å². The second-order valence-corrected chi connectivity index (χ2v) is 9.61. The molecule has 0 aliphatic heterocycles. The van der Waals surface area contributed by atoms with Crippen molar-refractivity contribution in [1.82, 2.24) is 5.32 Å². The number of carbonyl (C=O) groups excluding carboxylic acids is 1. The predicted molar refractivity (Wildman–Crippen MR) is 120 cm³/mol. The maximum atomic E-state index is 12.3. The number of hydrogen-bond donors (Lipinski definition) is 1. The predicted octanol–water partition coefficient (Wildman–Crippen LogP) is 3.55. The van der Waals surface area contributed by atoms with Gasteiger partial charge in [-0.3, -0.25) is 9.10 Å². The Kier molecular flexibility index (Phi) is 9.13. The third-order valence-corrected chi connectivity index (χ3v) is 6.41. The Morgan fingerprint density at radius 3 is 2.66 bits per heavy atom. The van der Waals surface area contributed by atoms with Crippen molar-refractivity contribution in [2.45, 2.75) is 12.7 Å². The van der Waals surface area contributed by atoms with Gasteiger partial charge < -0.3 is 10.1 Å². The molecule has 6 nitrogen and oxygen atoms in total. The lowest BCUT2D eigenvalue weighted by Gasteiger charge is -2.22. The van der Waals surface area contributed by atoms with Gasteiger partial charge in [0.15, 0.2) is 0 Å². The SMILES string of the molecule is CCOc1cccc(N(CC(=O)NCCSCc2ccccc2Cl)S(C)(=O)=O)c1. The Morgan fingerprint density at radius 1 is 1.21 bits per heavy atom. The number of benzene rings is 2. The van der Waals surface area contributed by atoms with Crippen molar-refractivity contribution in [3.8, 4) is 5.75 Å². The fourth-order valence-corrected chi connectivity index (χ4v) is 4.53. The standard InChI is InChI=1S/C20H25ClN2O4S2/c1-3-27-18-9-6-8-17(13-18)23(29(2,25)26)14-20(24)22-11-12-28-15-16-7-4-5-10-19(16)21/h4-10,13H,3,11-12,14-15H2,1-2H3,(H,22,24). The quantitative estimate of drug-likeness (QED) is 0.523. The van der Waals surface area contributed by atoms with E-state index in [0.29, 0.717) is 30.3 Å². The molecule has 2 aromatic rings. The summed E-state index contributed by atoms with van der Waals surface area (Å²) in [6.07, 6.45) is 1.08. The highest BCUT2D eigenvalue weighted by Gasteiger charge is 2.21. The topological polar surface area (TPSA) is 75.7 Å². The summed E-state index contributed by atoms with van der Waals surface area (Å²) in [6.45, 7) is 2.46. The first-order valence-electron chi connectivity index (χ1n) is 9.09. The molecule has 0 bridgehead atoms. The van der Waals surface area contributed by atoms with Crippen LogP contribution in [0.15, 0.2) is 48.5 Å². The van der Waals surface area contributed by atoms with Gasteiger partial charge in [0.05, 0.1) is 18.6 Å². The summed E-state index contributed by atoms with van der Waals surface area (Å²) in [4.78, 5) is 12.3. The minimum Gasteiger partial charge on any atom is -0.494 e. The average Bonchev–Trinajstić information content (AvgIpc) is 2.67. The maximum Gasteiger partial charge on any atom is 0.240 e. The number of hydrogen-bond acceptors (Lipinski definition) is 5. The third kappa shape index (κ3) is 7.79. The Balaban J connectivity index is 1.87. The zero-order valence-corrected chi connectivity index (χ0v) is 18.8. The Bertz CT molecular complexity index is 922. The molecule has 29 heavy (non-hydrogen) atoms. The van der Waals surface area contributed by atoms with Gasteiger partial charge in [-0.05, 0) is 30.7 Å². The minimum atomic E-state index is -3.62. The van der Waals surface area contributed by atoms with Crippen molar-refractivity contribution in [2.75, 3.05) is 36.0 Å². The molecule has 2 aromatic carbocycles. The molecule has 0 saturated carbocycles. The highest BCUT2D eigenvalue weighted by molar-refractivity contribution is 7.98. The van der Waals surface area contributed by atoms with Crippen LogP contribution < -0.4 is 14.4 Å². The number of sulfonamides is 1. The summed E-state index contributed by atoms with van der Waals surface area (Å²) in [5, 5.41) is 3.49. The first-order valence-corrected chi connectivity index (χ1v) is 12.5. The van der Waals surface area contributed by atoms with Gasteiger partial charge in [-0.2, -0.15) is 11.8 Å². The molecule has 0 fully saturated rings. The van der Waals surface area contributed by atoms with Gasteiger partial charge in [0, 0.05) is 29.1 Å². The highest BCUT2D eigenvalue weighted by atomic mass is 35.5. The second kappa shape index (κ2) is 11.3. The number of halogens is 1. The summed E-state index contributed by atoms with van der Waals surface area (Å²) >= 11 is 7.77. The lowest BCUT2D eigenvalue weighted by Crippen LogP contribution is -2.41. The molecule has 9 heteroatoms. The van der Waals surface area contributed by atoms with Gasteiger partial charge in [0.25, 0.3) is 0 Å². The maximum absolute atomic E-state index is 12.3. The van der Waals surface area contributed by atoms with E-state index in [1.165, 1.54) is 0 Å². The number of amides is 1. The number of carbonyl (C=O) groups is 1. The molecule has 1 amide bonds. The van der Waals surface area contributed by atoms with Crippen LogP contribution in [-0.2, 0) is 20.6 Å². The Morgan fingerprint density at radius 2 is 1.97 bits per heavy atom. The van der Waals surface area contributed by atoms with Crippen LogP contribution in [0.2, 0.25) is 5.02 Å². The first kappa shape index (κ1) is 23.4. The summed E-state index contributed by atoms with van der Waals surface area (Å²) in [5.41, 5.74) is 1.43. The fraction of sp³-hybridized carbons (Fsp3) is 0.350. The van der Waals surface area contributed by atoms with Gasteiger partial charge >= 0.3 is 0 Å². The molecule has 0 unspecified atom stereocenters. The molecular formula is C20H25ClN2O4S2. The van der Waals surface area contributed by atoms with E-state index in [9.17, 15) is 13.2 Å². The van der Waals surface area contributed by atoms with Crippen LogP contribution >= 0.6 is 23.4 Å². The van der Waals surface area contributed by atoms with Gasteiger partial charge in [0.2, 0.25) is 15.9 Å². The molecule has 0 aliphatic rings. The summed E-state index contributed by atoms with van der Waals surface area (Å²) < 4.78 is 30.9. The smallest absolute Gasteiger partial charge is 0.240 e. The molecular weight excluding hydrogens is 432 g/mol. The molecule has 0 spiro atoms. The van der Waals surface area contributed by atoms with E-state index >= 15 is 0 Å². The molecule has 1 N–H and O–H groups in total. The number of nitrogens with zero attached hydrogens (tertiary/aromatic N) is 1. The highest BCUT2D eigenvalue weighted by Crippen LogP contribution is 2.23. The average molecular weight is 457 g/mol. The molecule has 0 radical (unpaired) electrons. The normalized spacial score (nSPS) is 11.1. The van der Waals surface area contributed by atoms with E-state index < -0.39 is 10.0 Å². The summed E-state index contributed by atoms with van der Waals surface area (Å²) in [6, 6.07) is 14.3. The molecule has 0 heterocycles. The van der Waals surface area contributed by atoms with Gasteiger partial charge in [-0.1, -0.05) is 35.9 Å². The van der Waals surface area contributed by atoms with Crippen LogP contribution in [0.4, 0.5) is 5.69 Å². The first-order chi connectivity index (χ1) is 13.8. The lowest BCUT2D eigenvalue weighted by molar-refractivity contribution is -0.119. The summed E-state index contributed by atoms with van der Waals surface area (Å²) in [5.74, 6) is 1.62. The van der Waals surface area contributed by atoms with Crippen molar-refractivity contribution in [2.24, 2.45) is 0 Å². The lowest BCUT2D eigenvalue weighted by atomic mass is 10.2. The number of thioether (sulfide) groups is 1. The Labute approximate surface area is 181 Å². The number of nitrogens with one attached hydrogen (secondary N) is 1. The number of ether oxygens (including phenoxy) is 1. The van der Waals surface area contributed by atoms with E-state index in [2.05, 4.69) is 5.32 Å². The van der Waals surface area contributed by atoms with Crippen LogP contribution in [0.25, 0.3) is 0 Å². The van der Waals surface area contributed by atoms with Gasteiger partial charge in [0.1, 0.15) is 12.3 Å². The molecule has 0 saturated heterocycles. The molecule has 0 atom stereocenters. The van der Waals surface area contributed by atoms with Crippen LogP contribution in [-0.4, -0.2) is 46.0 Å². The van der Waals surface area contributed by atoms with Crippen molar-refractivity contribution >= 4 is 45.0 Å². The number of anilines is 1. The van der Waals surface area contributed by atoms with E-state index in [0.717, 1.165) is 26.9 Å². The fourth-order valence-electron chi connectivity index (χ4n) is 2.54. The Hall–Kier alpha value is -1.90. The molecule has 0 aromatic heterocycles. The molecule has 2 rings (SSSR count). The molecule has 158 valence electrons. The number of rotatable bonds is 11. The van der Waals surface area contributed by atoms with Crippen molar-refractivity contribution in [3.05, 3.63) is 59.1 Å². The van der Waals surface area contributed by atoms with Crippen LogP contribution in [0.3, 0.4) is 0 Å². The second-order valence-electron chi connectivity index (χ2n) is 6.19. The largest absolute Gasteiger partial charge is 0.494 e. The van der Waals surface area contributed by atoms with Crippen LogP contribution in [0.1, 0.15) is 12.5 Å². The minimum absolute atomic E-state index is 0.288. The van der Waals surface area contributed by atoms with E-state index in [4.69, 9.17) is 16.3 Å². The molecule has 0 aliphatic carbocycles. The van der Waals surface area contributed by atoms with E-state index in [1.807, 2.05) is 31.2 Å². The zero-order valence-electron chi connectivity index (χ0n) is 16.4. The van der Waals surface area contributed by atoms with Crippen molar-refractivity contribution < 1.29 is 17.9 Å². The zero-order chi connectivity index (χ0) is 21.3.